The number of amides is 1. The molecule has 160 valence electrons. The summed E-state index contributed by atoms with van der Waals surface area (Å²) < 4.78 is 5.61. The largest absolute Gasteiger partial charge is 0.496 e. The van der Waals surface area contributed by atoms with Crippen molar-refractivity contribution >= 4 is 11.7 Å². The van der Waals surface area contributed by atoms with Gasteiger partial charge in [-0.05, 0) is 44.8 Å². The number of para-hydroxylation sites is 1. The maximum Gasteiger partial charge on any atom is 0.224 e. The molecule has 2 atom stereocenters. The molecule has 1 aromatic heterocycles. The Morgan fingerprint density at radius 1 is 1.20 bits per heavy atom. The lowest BCUT2D eigenvalue weighted by molar-refractivity contribution is -0.125. The standard InChI is InChI=1S/C23H31N5O2/c1-30-21-9-3-2-8-19(21)20(27-12-4-5-13-27)15-26-23(29)18-7-6-14-28(17-18)22-16-24-10-11-25-22/h2-3,8-11,16,18,20H,4-7,12-15,17H2,1H3,(H,26,29). The minimum Gasteiger partial charge on any atom is -0.496 e. The van der Waals surface area contributed by atoms with Crippen LogP contribution in [0.2, 0.25) is 0 Å². The summed E-state index contributed by atoms with van der Waals surface area (Å²) in [5, 5.41) is 3.25. The predicted octanol–water partition coefficient (Wildman–Crippen LogP) is 2.65. The smallest absolute Gasteiger partial charge is 0.224 e. The molecule has 4 rings (SSSR count). The third-order valence-corrected chi connectivity index (χ3v) is 6.21. The average Bonchev–Trinajstić information content (AvgIpc) is 3.35. The highest BCUT2D eigenvalue weighted by Crippen LogP contribution is 2.31. The quantitative estimate of drug-likeness (QED) is 0.758. The van der Waals surface area contributed by atoms with Crippen LogP contribution >= 0.6 is 0 Å². The van der Waals surface area contributed by atoms with Crippen molar-refractivity contribution in [3.8, 4) is 5.75 Å². The number of hydrogen-bond donors (Lipinski definition) is 1. The van der Waals surface area contributed by atoms with E-state index in [1.807, 2.05) is 18.2 Å². The van der Waals surface area contributed by atoms with Gasteiger partial charge in [0.25, 0.3) is 0 Å². The molecule has 7 nitrogen and oxygen atoms in total. The molecule has 3 heterocycles. The summed E-state index contributed by atoms with van der Waals surface area (Å²) in [5.41, 5.74) is 1.15. The fourth-order valence-corrected chi connectivity index (χ4v) is 4.63. The molecular formula is C23H31N5O2. The zero-order valence-corrected chi connectivity index (χ0v) is 17.7. The van der Waals surface area contributed by atoms with Crippen LogP contribution in [0.15, 0.2) is 42.9 Å². The first-order chi connectivity index (χ1) is 14.8. The number of likely N-dealkylation sites (tertiary alicyclic amines) is 1. The number of nitrogens with zero attached hydrogens (tertiary/aromatic N) is 4. The second-order valence-electron chi connectivity index (χ2n) is 8.09. The number of piperidine rings is 1. The summed E-state index contributed by atoms with van der Waals surface area (Å²) in [5.74, 6) is 1.83. The van der Waals surface area contributed by atoms with Crippen LogP contribution in [0.4, 0.5) is 5.82 Å². The summed E-state index contributed by atoms with van der Waals surface area (Å²) in [6.45, 7) is 4.32. The lowest BCUT2D eigenvalue weighted by Gasteiger charge is -2.34. The van der Waals surface area contributed by atoms with Gasteiger partial charge in [0.05, 0.1) is 25.3 Å². The predicted molar refractivity (Wildman–Crippen MR) is 117 cm³/mol. The molecular weight excluding hydrogens is 378 g/mol. The topological polar surface area (TPSA) is 70.6 Å². The van der Waals surface area contributed by atoms with E-state index in [0.29, 0.717) is 13.1 Å². The summed E-state index contributed by atoms with van der Waals surface area (Å²) in [4.78, 5) is 26.2. The number of nitrogens with one attached hydrogen (secondary N) is 1. The SMILES string of the molecule is COc1ccccc1C(CNC(=O)C1CCCN(c2cnccn2)C1)N1CCCC1. The molecule has 2 aliphatic heterocycles. The van der Waals surface area contributed by atoms with E-state index in [1.165, 1.54) is 12.8 Å². The Bertz CT molecular complexity index is 825. The molecule has 0 radical (unpaired) electrons. The molecule has 2 aliphatic rings. The van der Waals surface area contributed by atoms with Gasteiger partial charge in [-0.15, -0.1) is 0 Å². The van der Waals surface area contributed by atoms with E-state index in [2.05, 4.69) is 31.2 Å². The van der Waals surface area contributed by atoms with Gasteiger partial charge in [0.15, 0.2) is 0 Å². The van der Waals surface area contributed by atoms with Crippen LogP contribution < -0.4 is 15.0 Å². The highest BCUT2D eigenvalue weighted by molar-refractivity contribution is 5.79. The van der Waals surface area contributed by atoms with Crippen molar-refractivity contribution in [1.29, 1.82) is 0 Å². The lowest BCUT2D eigenvalue weighted by Crippen LogP contribution is -2.45. The summed E-state index contributed by atoms with van der Waals surface area (Å²) >= 11 is 0. The molecule has 7 heteroatoms. The van der Waals surface area contributed by atoms with E-state index in [9.17, 15) is 4.79 Å². The molecule has 0 aliphatic carbocycles. The number of hydrogen-bond acceptors (Lipinski definition) is 6. The van der Waals surface area contributed by atoms with E-state index in [-0.39, 0.29) is 17.9 Å². The van der Waals surface area contributed by atoms with E-state index in [0.717, 1.165) is 49.6 Å². The molecule has 30 heavy (non-hydrogen) atoms. The lowest BCUT2D eigenvalue weighted by atomic mass is 9.96. The van der Waals surface area contributed by atoms with E-state index in [4.69, 9.17) is 4.74 Å². The maximum absolute atomic E-state index is 13.1. The van der Waals surface area contributed by atoms with Crippen molar-refractivity contribution < 1.29 is 9.53 Å². The minimum absolute atomic E-state index is 0.0300. The molecule has 2 fully saturated rings. The second kappa shape index (κ2) is 9.89. The number of rotatable bonds is 7. The van der Waals surface area contributed by atoms with Crippen LogP contribution in [-0.2, 0) is 4.79 Å². The fourth-order valence-electron chi connectivity index (χ4n) is 4.63. The van der Waals surface area contributed by atoms with Gasteiger partial charge in [0, 0.05) is 37.6 Å². The monoisotopic (exact) mass is 409 g/mol. The molecule has 2 unspecified atom stereocenters. The van der Waals surface area contributed by atoms with Gasteiger partial charge in [-0.2, -0.15) is 0 Å². The van der Waals surface area contributed by atoms with Gasteiger partial charge >= 0.3 is 0 Å². The molecule has 0 saturated carbocycles. The van der Waals surface area contributed by atoms with Crippen molar-refractivity contribution in [2.75, 3.05) is 44.7 Å². The Kier molecular flexibility index (Phi) is 6.79. The molecule has 1 amide bonds. The van der Waals surface area contributed by atoms with Crippen molar-refractivity contribution in [1.82, 2.24) is 20.2 Å². The van der Waals surface area contributed by atoms with Gasteiger partial charge in [0.1, 0.15) is 11.6 Å². The zero-order valence-electron chi connectivity index (χ0n) is 17.7. The van der Waals surface area contributed by atoms with Gasteiger partial charge in [-0.1, -0.05) is 18.2 Å². The third kappa shape index (κ3) is 4.73. The Morgan fingerprint density at radius 2 is 2.03 bits per heavy atom. The summed E-state index contributed by atoms with van der Waals surface area (Å²) in [6.07, 6.45) is 9.44. The highest BCUT2D eigenvalue weighted by atomic mass is 16.5. The van der Waals surface area contributed by atoms with Crippen LogP contribution in [-0.4, -0.2) is 60.6 Å². The number of carbonyl (C=O) groups is 1. The van der Waals surface area contributed by atoms with Crippen LogP contribution in [0.3, 0.4) is 0 Å². The van der Waals surface area contributed by atoms with Gasteiger partial charge < -0.3 is 15.0 Å². The first-order valence-electron chi connectivity index (χ1n) is 10.9. The number of carbonyl (C=O) groups excluding carboxylic acids is 1. The molecule has 0 bridgehead atoms. The van der Waals surface area contributed by atoms with Crippen molar-refractivity contribution in [2.45, 2.75) is 31.7 Å². The highest BCUT2D eigenvalue weighted by Gasteiger charge is 2.30. The fraction of sp³-hybridized carbons (Fsp3) is 0.522. The van der Waals surface area contributed by atoms with Crippen molar-refractivity contribution in [3.63, 3.8) is 0 Å². The minimum atomic E-state index is -0.0300. The maximum atomic E-state index is 13.1. The molecule has 0 spiro atoms. The average molecular weight is 410 g/mol. The summed E-state index contributed by atoms with van der Waals surface area (Å²) in [6, 6.07) is 8.28. The second-order valence-corrected chi connectivity index (χ2v) is 8.09. The van der Waals surface area contributed by atoms with E-state index in [1.54, 1.807) is 25.7 Å². The number of methoxy groups -OCH3 is 1. The Morgan fingerprint density at radius 3 is 2.80 bits per heavy atom. The van der Waals surface area contributed by atoms with Gasteiger partial charge in [-0.25, -0.2) is 4.98 Å². The van der Waals surface area contributed by atoms with E-state index < -0.39 is 0 Å². The third-order valence-electron chi connectivity index (χ3n) is 6.21. The normalized spacial score (nSPS) is 20.7. The Balaban J connectivity index is 1.42. The number of benzene rings is 1. The van der Waals surface area contributed by atoms with Crippen molar-refractivity contribution in [2.24, 2.45) is 5.92 Å². The van der Waals surface area contributed by atoms with Crippen LogP contribution in [0.1, 0.15) is 37.3 Å². The number of ether oxygens (including phenoxy) is 1. The molecule has 1 N–H and O–H groups in total. The Labute approximate surface area is 178 Å². The first-order valence-corrected chi connectivity index (χ1v) is 10.9. The van der Waals surface area contributed by atoms with Crippen LogP contribution in [0.25, 0.3) is 0 Å². The molecule has 2 saturated heterocycles. The van der Waals surface area contributed by atoms with Gasteiger partial charge in [-0.3, -0.25) is 14.7 Å². The number of anilines is 1. The summed E-state index contributed by atoms with van der Waals surface area (Å²) in [7, 11) is 1.71. The molecule has 1 aromatic carbocycles. The Hall–Kier alpha value is -2.67. The number of aromatic nitrogens is 2. The van der Waals surface area contributed by atoms with Gasteiger partial charge in [0.2, 0.25) is 5.91 Å². The van der Waals surface area contributed by atoms with Crippen molar-refractivity contribution in [3.05, 3.63) is 48.4 Å². The zero-order chi connectivity index (χ0) is 20.8. The van der Waals surface area contributed by atoms with Crippen LogP contribution in [0, 0.1) is 5.92 Å². The molecule has 2 aromatic rings. The first kappa shape index (κ1) is 20.6. The van der Waals surface area contributed by atoms with Crippen LogP contribution in [0.5, 0.6) is 5.75 Å². The van der Waals surface area contributed by atoms with E-state index >= 15 is 0 Å².